The topological polar surface area (TPSA) is 90.0 Å². The number of benzene rings is 1. The van der Waals surface area contributed by atoms with E-state index in [0.29, 0.717) is 30.5 Å². The van der Waals surface area contributed by atoms with Gasteiger partial charge in [0.05, 0.1) is 0 Å². The summed E-state index contributed by atoms with van der Waals surface area (Å²) in [4.78, 5) is 26.7. The van der Waals surface area contributed by atoms with Gasteiger partial charge >= 0.3 is 0 Å². The molecule has 2 fully saturated rings. The molecule has 0 spiro atoms. The van der Waals surface area contributed by atoms with Crippen molar-refractivity contribution in [2.24, 2.45) is 5.92 Å². The van der Waals surface area contributed by atoms with Gasteiger partial charge < -0.3 is 10.2 Å². The van der Waals surface area contributed by atoms with E-state index < -0.39 is 6.04 Å². The fraction of sp³-hybridized carbons (Fsp3) is 0.481. The number of aromatic nitrogens is 4. The Labute approximate surface area is 211 Å². The third kappa shape index (κ3) is 5.56. The van der Waals surface area contributed by atoms with Crippen LogP contribution in [0, 0.1) is 18.7 Å². The second kappa shape index (κ2) is 10.3. The molecule has 1 amide bonds. The maximum absolute atomic E-state index is 14.5. The second-order valence-corrected chi connectivity index (χ2v) is 10.3. The third-order valence-corrected chi connectivity index (χ3v) is 7.08. The highest BCUT2D eigenvalue weighted by atomic mass is 19.1. The maximum atomic E-state index is 14.5. The average molecular weight is 492 g/mol. The monoisotopic (exact) mass is 491 g/mol. The number of piperidine rings is 1. The highest BCUT2D eigenvalue weighted by Gasteiger charge is 2.33. The summed E-state index contributed by atoms with van der Waals surface area (Å²) in [5, 5.41) is 10.5. The normalized spacial score (nSPS) is 17.4. The number of aromatic amines is 1. The van der Waals surface area contributed by atoms with E-state index in [2.05, 4.69) is 15.5 Å². The number of likely N-dealkylation sites (tertiary alicyclic amines) is 1. The molecule has 2 aromatic heterocycles. The van der Waals surface area contributed by atoms with Crippen molar-refractivity contribution >= 4 is 17.5 Å². The van der Waals surface area contributed by atoms with Crippen molar-refractivity contribution in [3.63, 3.8) is 0 Å². The lowest BCUT2D eigenvalue weighted by atomic mass is 9.91. The molecule has 3 heterocycles. The molecule has 1 saturated carbocycles. The first-order valence-electron chi connectivity index (χ1n) is 12.7. The van der Waals surface area contributed by atoms with Crippen LogP contribution >= 0.6 is 0 Å². The number of rotatable bonds is 8. The van der Waals surface area contributed by atoms with Crippen LogP contribution in [0.1, 0.15) is 60.4 Å². The lowest BCUT2D eigenvalue weighted by Gasteiger charge is -2.36. The number of amides is 1. The Morgan fingerprint density at radius 1 is 1.14 bits per heavy atom. The number of nitrogens with zero attached hydrogens (tertiary/aromatic N) is 5. The number of carbonyl (C=O) groups is 1. The maximum Gasteiger partial charge on any atom is 0.244 e. The predicted octanol–water partition coefficient (Wildman–Crippen LogP) is 4.35. The van der Waals surface area contributed by atoms with Crippen molar-refractivity contribution < 1.29 is 9.18 Å². The Balaban J connectivity index is 1.24. The van der Waals surface area contributed by atoms with E-state index in [1.165, 1.54) is 6.07 Å². The molecule has 190 valence electrons. The Bertz CT molecular complexity index is 1210. The van der Waals surface area contributed by atoms with Gasteiger partial charge in [0.2, 0.25) is 5.91 Å². The molecule has 1 saturated heterocycles. The minimum atomic E-state index is -0.620. The number of carbonyl (C=O) groups excluding carboxylic acids is 1. The standard InChI is InChI=1S/C27H34FN7O/c1-17-14-24(33-32-17)30-23-16-20(29-26(31-23)19-8-9-19)15-18-10-12-35(13-11-18)27(36)25(34(2)3)21-6-4-5-7-22(21)28/h4-7,14,16,18-19,25H,8-13,15H2,1-3H3,(H2,29,30,31,32,33)/t25-/m0/s1. The quantitative estimate of drug-likeness (QED) is 0.487. The molecule has 9 heteroatoms. The third-order valence-electron chi connectivity index (χ3n) is 7.08. The smallest absolute Gasteiger partial charge is 0.244 e. The SMILES string of the molecule is Cc1cc(Nc2cc(CC3CCN(C(=O)[C@H](c4ccccc4F)N(C)C)CC3)nc(C3CC3)n2)n[nH]1. The number of hydrogen-bond donors (Lipinski definition) is 2. The summed E-state index contributed by atoms with van der Waals surface area (Å²) in [5.41, 5.74) is 2.45. The van der Waals surface area contributed by atoms with E-state index in [0.717, 1.165) is 61.0 Å². The van der Waals surface area contributed by atoms with E-state index in [1.54, 1.807) is 23.1 Å². The van der Waals surface area contributed by atoms with Crippen LogP contribution in [0.25, 0.3) is 0 Å². The Hall–Kier alpha value is -3.33. The predicted molar refractivity (Wildman–Crippen MR) is 136 cm³/mol. The Morgan fingerprint density at radius 2 is 1.89 bits per heavy atom. The van der Waals surface area contributed by atoms with Crippen molar-refractivity contribution in [1.82, 2.24) is 30.0 Å². The van der Waals surface area contributed by atoms with Crippen LogP contribution in [0.15, 0.2) is 36.4 Å². The van der Waals surface area contributed by atoms with Gasteiger partial charge in [-0.05, 0) is 65.1 Å². The van der Waals surface area contributed by atoms with E-state index >= 15 is 0 Å². The summed E-state index contributed by atoms with van der Waals surface area (Å²) in [6, 6.07) is 9.90. The molecular formula is C27H34FN7O. The van der Waals surface area contributed by atoms with Crippen molar-refractivity contribution in [2.45, 2.75) is 51.0 Å². The average Bonchev–Trinajstić information content (AvgIpc) is 3.63. The number of anilines is 2. The van der Waals surface area contributed by atoms with Crippen LogP contribution in [0.2, 0.25) is 0 Å². The molecule has 0 unspecified atom stereocenters. The Morgan fingerprint density at radius 3 is 2.53 bits per heavy atom. The fourth-order valence-corrected chi connectivity index (χ4v) is 4.98. The highest BCUT2D eigenvalue weighted by molar-refractivity contribution is 5.83. The molecular weight excluding hydrogens is 457 g/mol. The van der Waals surface area contributed by atoms with Crippen LogP contribution in [0.3, 0.4) is 0 Å². The van der Waals surface area contributed by atoms with Gasteiger partial charge in [0.25, 0.3) is 0 Å². The van der Waals surface area contributed by atoms with Gasteiger partial charge in [-0.3, -0.25) is 14.8 Å². The zero-order chi connectivity index (χ0) is 25.2. The molecule has 0 radical (unpaired) electrons. The van der Waals surface area contributed by atoms with Crippen LogP contribution < -0.4 is 5.32 Å². The molecule has 5 rings (SSSR count). The first-order chi connectivity index (χ1) is 17.4. The van der Waals surface area contributed by atoms with E-state index in [4.69, 9.17) is 9.97 Å². The second-order valence-electron chi connectivity index (χ2n) is 10.3. The fourth-order valence-electron chi connectivity index (χ4n) is 4.98. The highest BCUT2D eigenvalue weighted by Crippen LogP contribution is 2.39. The molecule has 1 aliphatic carbocycles. The van der Waals surface area contributed by atoms with Gasteiger partial charge in [0, 0.05) is 48.1 Å². The van der Waals surface area contributed by atoms with Crippen molar-refractivity contribution in [3.8, 4) is 0 Å². The number of halogens is 1. The summed E-state index contributed by atoms with van der Waals surface area (Å²) >= 11 is 0. The van der Waals surface area contributed by atoms with Crippen molar-refractivity contribution in [3.05, 3.63) is 65.0 Å². The van der Waals surface area contributed by atoms with Gasteiger partial charge in [-0.25, -0.2) is 14.4 Å². The molecule has 36 heavy (non-hydrogen) atoms. The summed E-state index contributed by atoms with van der Waals surface area (Å²) < 4.78 is 14.5. The van der Waals surface area contributed by atoms with Crippen molar-refractivity contribution in [1.29, 1.82) is 0 Å². The molecule has 1 atom stereocenters. The molecule has 2 aliphatic rings. The molecule has 1 aromatic carbocycles. The molecule has 8 nitrogen and oxygen atoms in total. The number of aryl methyl sites for hydroxylation is 1. The van der Waals surface area contributed by atoms with Crippen molar-refractivity contribution in [2.75, 3.05) is 32.5 Å². The van der Waals surface area contributed by atoms with Gasteiger partial charge in [0.15, 0.2) is 5.82 Å². The largest absolute Gasteiger partial charge is 0.341 e. The first-order valence-corrected chi connectivity index (χ1v) is 12.7. The number of nitrogens with one attached hydrogen (secondary N) is 2. The van der Waals surface area contributed by atoms with E-state index in [9.17, 15) is 9.18 Å². The van der Waals surface area contributed by atoms with Gasteiger partial charge in [-0.15, -0.1) is 0 Å². The summed E-state index contributed by atoms with van der Waals surface area (Å²) in [6.45, 7) is 3.30. The summed E-state index contributed by atoms with van der Waals surface area (Å²) in [7, 11) is 3.65. The first kappa shape index (κ1) is 24.4. The zero-order valence-corrected chi connectivity index (χ0v) is 21.2. The molecule has 3 aromatic rings. The summed E-state index contributed by atoms with van der Waals surface area (Å²) in [6.07, 6.45) is 4.92. The zero-order valence-electron chi connectivity index (χ0n) is 21.2. The number of likely N-dealkylation sites (N-methyl/N-ethyl adjacent to an activating group) is 1. The van der Waals surface area contributed by atoms with Gasteiger partial charge in [-0.2, -0.15) is 5.10 Å². The minimum Gasteiger partial charge on any atom is -0.341 e. The lowest BCUT2D eigenvalue weighted by Crippen LogP contribution is -2.45. The van der Waals surface area contributed by atoms with E-state index in [1.807, 2.05) is 38.1 Å². The summed E-state index contributed by atoms with van der Waals surface area (Å²) in [5.74, 6) is 2.94. The number of H-pyrrole nitrogens is 1. The molecule has 2 N–H and O–H groups in total. The molecule has 0 bridgehead atoms. The number of hydrogen-bond acceptors (Lipinski definition) is 6. The van der Waals surface area contributed by atoms with Crippen LogP contribution in [-0.4, -0.2) is 63.1 Å². The van der Waals surface area contributed by atoms with E-state index in [-0.39, 0.29) is 11.7 Å². The Kier molecular flexibility index (Phi) is 7.00. The lowest BCUT2D eigenvalue weighted by molar-refractivity contribution is -0.137. The molecule has 1 aliphatic heterocycles. The van der Waals surface area contributed by atoms with Crippen LogP contribution in [0.5, 0.6) is 0 Å². The minimum absolute atomic E-state index is 0.0395. The van der Waals surface area contributed by atoms with Gasteiger partial charge in [0.1, 0.15) is 23.5 Å². The van der Waals surface area contributed by atoms with Crippen LogP contribution in [0.4, 0.5) is 16.0 Å². The van der Waals surface area contributed by atoms with Gasteiger partial charge in [-0.1, -0.05) is 18.2 Å². The van der Waals surface area contributed by atoms with Crippen LogP contribution in [-0.2, 0) is 11.2 Å².